The summed E-state index contributed by atoms with van der Waals surface area (Å²) in [5, 5.41) is 11.5. The number of rotatable bonds is 7. The third kappa shape index (κ3) is 6.16. The minimum atomic E-state index is -1.00. The van der Waals surface area contributed by atoms with Crippen LogP contribution in [0.2, 0.25) is 0 Å². The minimum absolute atomic E-state index is 0.0423. The van der Waals surface area contributed by atoms with Crippen molar-refractivity contribution < 1.29 is 19.4 Å². The molecular weight excluding hydrogens is 282 g/mol. The van der Waals surface area contributed by atoms with Gasteiger partial charge in [0.05, 0.1) is 0 Å². The second-order valence-electron chi connectivity index (χ2n) is 6.46. The first-order valence-corrected chi connectivity index (χ1v) is 7.41. The first-order valence-electron chi connectivity index (χ1n) is 7.41. The Morgan fingerprint density at radius 1 is 1.23 bits per heavy atom. The molecule has 1 amide bonds. The second kappa shape index (κ2) is 7.82. The van der Waals surface area contributed by atoms with Crippen LogP contribution >= 0.6 is 0 Å². The molecule has 1 rings (SSSR count). The van der Waals surface area contributed by atoms with Crippen LogP contribution < -0.4 is 10.1 Å². The van der Waals surface area contributed by atoms with E-state index in [4.69, 9.17) is 9.84 Å². The Labute approximate surface area is 131 Å². The lowest BCUT2D eigenvalue weighted by Gasteiger charge is -2.26. The lowest BCUT2D eigenvalue weighted by Crippen LogP contribution is -2.37. The van der Waals surface area contributed by atoms with Crippen LogP contribution in [0.4, 0.5) is 0 Å². The standard InChI is InChI=1S/C17H25NO4/c1-12(17(2,3)4)16(21)18-10-9-13-5-7-14(8-6-13)22-11-15(19)20/h5-8,12H,9-11H2,1-4H3,(H,18,21)(H,19,20). The maximum atomic E-state index is 12.0. The molecular formula is C17H25NO4. The highest BCUT2D eigenvalue weighted by atomic mass is 16.5. The summed E-state index contributed by atoms with van der Waals surface area (Å²) < 4.78 is 5.06. The zero-order valence-electron chi connectivity index (χ0n) is 13.7. The summed E-state index contributed by atoms with van der Waals surface area (Å²) in [5.74, 6) is -0.454. The fraction of sp³-hybridized carbons (Fsp3) is 0.529. The van der Waals surface area contributed by atoms with E-state index in [9.17, 15) is 9.59 Å². The molecule has 0 aliphatic rings. The van der Waals surface area contributed by atoms with Gasteiger partial charge in [0, 0.05) is 12.5 Å². The molecule has 1 aromatic carbocycles. The van der Waals surface area contributed by atoms with Crippen LogP contribution in [-0.2, 0) is 16.0 Å². The smallest absolute Gasteiger partial charge is 0.341 e. The normalized spacial score (nSPS) is 12.5. The largest absolute Gasteiger partial charge is 0.482 e. The molecule has 122 valence electrons. The molecule has 0 fully saturated rings. The number of hydrogen-bond acceptors (Lipinski definition) is 3. The van der Waals surface area contributed by atoms with Crippen molar-refractivity contribution in [2.75, 3.05) is 13.2 Å². The molecule has 0 radical (unpaired) electrons. The van der Waals surface area contributed by atoms with E-state index < -0.39 is 5.97 Å². The lowest BCUT2D eigenvalue weighted by atomic mass is 9.81. The van der Waals surface area contributed by atoms with Crippen molar-refractivity contribution in [2.45, 2.75) is 34.1 Å². The van der Waals surface area contributed by atoms with Gasteiger partial charge in [-0.2, -0.15) is 0 Å². The number of benzene rings is 1. The Balaban J connectivity index is 2.39. The maximum absolute atomic E-state index is 12.0. The molecule has 0 aliphatic carbocycles. The van der Waals surface area contributed by atoms with Crippen molar-refractivity contribution in [1.82, 2.24) is 5.32 Å². The minimum Gasteiger partial charge on any atom is -0.482 e. The van der Waals surface area contributed by atoms with Crippen LogP contribution in [0, 0.1) is 11.3 Å². The van der Waals surface area contributed by atoms with E-state index in [0.29, 0.717) is 12.3 Å². The molecule has 0 aromatic heterocycles. The topological polar surface area (TPSA) is 75.6 Å². The molecule has 0 saturated carbocycles. The number of ether oxygens (including phenoxy) is 1. The molecule has 1 unspecified atom stereocenters. The van der Waals surface area contributed by atoms with Crippen molar-refractivity contribution in [3.8, 4) is 5.75 Å². The van der Waals surface area contributed by atoms with Gasteiger partial charge in [-0.05, 0) is 29.5 Å². The van der Waals surface area contributed by atoms with Crippen LogP contribution in [0.25, 0.3) is 0 Å². The third-order valence-electron chi connectivity index (χ3n) is 3.69. The number of carbonyl (C=O) groups is 2. The lowest BCUT2D eigenvalue weighted by molar-refractivity contribution is -0.139. The molecule has 1 aromatic rings. The first kappa shape index (κ1) is 18.0. The molecule has 22 heavy (non-hydrogen) atoms. The SMILES string of the molecule is CC(C(=O)NCCc1ccc(OCC(=O)O)cc1)C(C)(C)C. The number of amides is 1. The Hall–Kier alpha value is -2.04. The van der Waals surface area contributed by atoms with E-state index >= 15 is 0 Å². The van der Waals surface area contributed by atoms with Gasteiger partial charge in [-0.1, -0.05) is 39.8 Å². The first-order chi connectivity index (χ1) is 10.2. The van der Waals surface area contributed by atoms with E-state index in [1.165, 1.54) is 0 Å². The molecule has 5 nitrogen and oxygen atoms in total. The van der Waals surface area contributed by atoms with Crippen molar-refractivity contribution in [3.63, 3.8) is 0 Å². The van der Waals surface area contributed by atoms with Gasteiger partial charge >= 0.3 is 5.97 Å². The van der Waals surface area contributed by atoms with Gasteiger partial charge < -0.3 is 15.2 Å². The molecule has 0 aliphatic heterocycles. The molecule has 0 spiro atoms. The third-order valence-corrected chi connectivity index (χ3v) is 3.69. The predicted octanol–water partition coefficient (Wildman–Crippen LogP) is 2.49. The van der Waals surface area contributed by atoms with E-state index in [-0.39, 0.29) is 23.8 Å². The second-order valence-corrected chi connectivity index (χ2v) is 6.46. The number of carbonyl (C=O) groups excluding carboxylic acids is 1. The Kier molecular flexibility index (Phi) is 6.40. The Morgan fingerprint density at radius 3 is 2.32 bits per heavy atom. The van der Waals surface area contributed by atoms with Gasteiger partial charge in [-0.25, -0.2) is 4.79 Å². The molecule has 1 atom stereocenters. The summed E-state index contributed by atoms with van der Waals surface area (Å²) in [6, 6.07) is 7.21. The Morgan fingerprint density at radius 2 is 1.82 bits per heavy atom. The number of hydrogen-bond donors (Lipinski definition) is 2. The average molecular weight is 307 g/mol. The summed E-state index contributed by atoms with van der Waals surface area (Å²) in [4.78, 5) is 22.4. The maximum Gasteiger partial charge on any atom is 0.341 e. The van der Waals surface area contributed by atoms with E-state index in [0.717, 1.165) is 12.0 Å². The molecule has 5 heteroatoms. The summed E-state index contributed by atoms with van der Waals surface area (Å²) >= 11 is 0. The highest BCUT2D eigenvalue weighted by Crippen LogP contribution is 2.25. The highest BCUT2D eigenvalue weighted by molar-refractivity contribution is 5.78. The van der Waals surface area contributed by atoms with Gasteiger partial charge in [0.15, 0.2) is 6.61 Å². The van der Waals surface area contributed by atoms with Crippen LogP contribution in [0.15, 0.2) is 24.3 Å². The van der Waals surface area contributed by atoms with Gasteiger partial charge in [0.1, 0.15) is 5.75 Å². The quantitative estimate of drug-likeness (QED) is 0.811. The number of carboxylic acid groups (broad SMARTS) is 1. The molecule has 0 bridgehead atoms. The van der Waals surface area contributed by atoms with E-state index in [1.807, 2.05) is 39.8 Å². The van der Waals surface area contributed by atoms with Crippen LogP contribution in [0.5, 0.6) is 5.75 Å². The van der Waals surface area contributed by atoms with E-state index in [1.54, 1.807) is 12.1 Å². The fourth-order valence-electron chi connectivity index (χ4n) is 1.77. The summed E-state index contributed by atoms with van der Waals surface area (Å²) in [7, 11) is 0. The average Bonchev–Trinajstić information content (AvgIpc) is 2.44. The van der Waals surface area contributed by atoms with Crippen LogP contribution in [0.3, 0.4) is 0 Å². The zero-order valence-corrected chi connectivity index (χ0v) is 13.7. The van der Waals surface area contributed by atoms with Crippen molar-refractivity contribution in [2.24, 2.45) is 11.3 Å². The van der Waals surface area contributed by atoms with E-state index in [2.05, 4.69) is 5.32 Å². The number of carboxylic acids is 1. The van der Waals surface area contributed by atoms with Crippen molar-refractivity contribution in [1.29, 1.82) is 0 Å². The van der Waals surface area contributed by atoms with Gasteiger partial charge in [-0.15, -0.1) is 0 Å². The highest BCUT2D eigenvalue weighted by Gasteiger charge is 2.26. The van der Waals surface area contributed by atoms with Gasteiger partial charge in [0.2, 0.25) is 5.91 Å². The van der Waals surface area contributed by atoms with Gasteiger partial charge in [-0.3, -0.25) is 4.79 Å². The number of aliphatic carboxylic acids is 1. The number of nitrogens with one attached hydrogen (secondary N) is 1. The molecule has 0 saturated heterocycles. The zero-order chi connectivity index (χ0) is 16.8. The summed E-state index contributed by atoms with van der Waals surface area (Å²) in [6.45, 7) is 8.31. The van der Waals surface area contributed by atoms with Crippen molar-refractivity contribution in [3.05, 3.63) is 29.8 Å². The fourth-order valence-corrected chi connectivity index (χ4v) is 1.77. The molecule has 2 N–H and O–H groups in total. The van der Waals surface area contributed by atoms with Crippen LogP contribution in [0.1, 0.15) is 33.3 Å². The summed E-state index contributed by atoms with van der Waals surface area (Å²) in [6.07, 6.45) is 0.724. The molecule has 0 heterocycles. The monoisotopic (exact) mass is 307 g/mol. The van der Waals surface area contributed by atoms with Crippen LogP contribution in [-0.4, -0.2) is 30.1 Å². The van der Waals surface area contributed by atoms with Gasteiger partial charge in [0.25, 0.3) is 0 Å². The van der Waals surface area contributed by atoms with Crippen molar-refractivity contribution >= 4 is 11.9 Å². The predicted molar refractivity (Wildman–Crippen MR) is 84.9 cm³/mol. The Bertz CT molecular complexity index is 502. The summed E-state index contributed by atoms with van der Waals surface area (Å²) in [5.41, 5.74) is 1.01.